The summed E-state index contributed by atoms with van der Waals surface area (Å²) < 4.78 is 14.7. The van der Waals surface area contributed by atoms with Crippen LogP contribution in [0.15, 0.2) is 40.9 Å². The molecule has 4 heteroatoms. The normalized spacial score (nSPS) is 12.1. The highest BCUT2D eigenvalue weighted by Gasteiger charge is 2.12. The van der Waals surface area contributed by atoms with E-state index < -0.39 is 0 Å². The van der Waals surface area contributed by atoms with Crippen molar-refractivity contribution in [1.29, 1.82) is 0 Å². The maximum absolute atomic E-state index is 14.0. The lowest BCUT2D eigenvalue weighted by Gasteiger charge is -2.20. The summed E-state index contributed by atoms with van der Waals surface area (Å²) in [4.78, 5) is 2.06. The number of benzene rings is 2. The van der Waals surface area contributed by atoms with Gasteiger partial charge in [-0.2, -0.15) is 0 Å². The second-order valence-electron chi connectivity index (χ2n) is 5.43. The molecule has 1 unspecified atom stereocenters. The molecule has 0 aliphatic heterocycles. The SMILES string of the molecule is Cc1cc(N(C)C)ccc1NC(C)c1ccc(Br)cc1F. The highest BCUT2D eigenvalue weighted by molar-refractivity contribution is 9.10. The van der Waals surface area contributed by atoms with Gasteiger partial charge in [0.25, 0.3) is 0 Å². The van der Waals surface area contributed by atoms with Crippen molar-refractivity contribution >= 4 is 27.3 Å². The van der Waals surface area contributed by atoms with Crippen LogP contribution >= 0.6 is 15.9 Å². The molecule has 0 aliphatic carbocycles. The Balaban J connectivity index is 2.21. The quantitative estimate of drug-likeness (QED) is 0.821. The zero-order valence-electron chi connectivity index (χ0n) is 12.7. The predicted octanol–water partition coefficient (Wildman–Crippen LogP) is 5.14. The highest BCUT2D eigenvalue weighted by atomic mass is 79.9. The van der Waals surface area contributed by atoms with Crippen LogP contribution in [0.2, 0.25) is 0 Å². The molecular weight excluding hydrogens is 331 g/mol. The van der Waals surface area contributed by atoms with Crippen LogP contribution in [0.5, 0.6) is 0 Å². The Kier molecular flexibility index (Phi) is 4.88. The molecule has 0 aromatic heterocycles. The molecule has 0 heterocycles. The average Bonchev–Trinajstić information content (AvgIpc) is 2.40. The molecule has 2 rings (SSSR count). The third kappa shape index (κ3) is 3.76. The Morgan fingerprint density at radius 1 is 1.14 bits per heavy atom. The maximum atomic E-state index is 14.0. The van der Waals surface area contributed by atoms with Crippen LogP contribution in [0, 0.1) is 12.7 Å². The second kappa shape index (κ2) is 6.48. The fourth-order valence-corrected chi connectivity index (χ4v) is 2.58. The molecule has 0 aliphatic rings. The maximum Gasteiger partial charge on any atom is 0.129 e. The monoisotopic (exact) mass is 350 g/mol. The number of halogens is 2. The lowest BCUT2D eigenvalue weighted by atomic mass is 10.1. The van der Waals surface area contributed by atoms with Crippen LogP contribution in [0.3, 0.4) is 0 Å². The number of hydrogen-bond acceptors (Lipinski definition) is 2. The summed E-state index contributed by atoms with van der Waals surface area (Å²) >= 11 is 3.28. The molecule has 0 saturated heterocycles. The molecule has 0 radical (unpaired) electrons. The van der Waals surface area contributed by atoms with Crippen molar-refractivity contribution in [1.82, 2.24) is 0 Å². The van der Waals surface area contributed by atoms with E-state index in [0.717, 1.165) is 21.4 Å². The first-order valence-corrected chi connectivity index (χ1v) is 7.67. The van der Waals surface area contributed by atoms with Gasteiger partial charge in [0.15, 0.2) is 0 Å². The number of hydrogen-bond donors (Lipinski definition) is 1. The first-order valence-electron chi connectivity index (χ1n) is 6.88. The lowest BCUT2D eigenvalue weighted by molar-refractivity contribution is 0.599. The van der Waals surface area contributed by atoms with Crippen molar-refractivity contribution in [3.8, 4) is 0 Å². The molecule has 0 bridgehead atoms. The van der Waals surface area contributed by atoms with Crippen molar-refractivity contribution in [2.24, 2.45) is 0 Å². The number of nitrogens with zero attached hydrogens (tertiary/aromatic N) is 1. The smallest absolute Gasteiger partial charge is 0.129 e. The minimum Gasteiger partial charge on any atom is -0.378 e. The first kappa shape index (κ1) is 15.8. The fourth-order valence-electron chi connectivity index (χ4n) is 2.25. The standard InChI is InChI=1S/C17H20BrFN2/c1-11-9-14(21(3)4)6-8-17(11)20-12(2)15-7-5-13(18)10-16(15)19/h5-10,12,20H,1-4H3. The van der Waals surface area contributed by atoms with Gasteiger partial charge in [-0.3, -0.25) is 0 Å². The average molecular weight is 351 g/mol. The van der Waals surface area contributed by atoms with Crippen molar-refractivity contribution in [3.05, 3.63) is 57.8 Å². The van der Waals surface area contributed by atoms with Gasteiger partial charge >= 0.3 is 0 Å². The van der Waals surface area contributed by atoms with Gasteiger partial charge in [-0.15, -0.1) is 0 Å². The zero-order valence-corrected chi connectivity index (χ0v) is 14.3. The summed E-state index contributed by atoms with van der Waals surface area (Å²) in [5.41, 5.74) is 3.98. The van der Waals surface area contributed by atoms with Crippen molar-refractivity contribution < 1.29 is 4.39 Å². The number of rotatable bonds is 4. The van der Waals surface area contributed by atoms with Crippen LogP contribution in [-0.2, 0) is 0 Å². The van der Waals surface area contributed by atoms with Gasteiger partial charge < -0.3 is 10.2 Å². The van der Waals surface area contributed by atoms with E-state index in [-0.39, 0.29) is 11.9 Å². The third-order valence-corrected chi connectivity index (χ3v) is 4.02. The minimum atomic E-state index is -0.202. The van der Waals surface area contributed by atoms with Crippen LogP contribution in [-0.4, -0.2) is 14.1 Å². The van der Waals surface area contributed by atoms with Gasteiger partial charge in [-0.25, -0.2) is 4.39 Å². The van der Waals surface area contributed by atoms with E-state index in [4.69, 9.17) is 0 Å². The molecule has 1 atom stereocenters. The van der Waals surface area contributed by atoms with Gasteiger partial charge in [0.2, 0.25) is 0 Å². The van der Waals surface area contributed by atoms with E-state index in [0.29, 0.717) is 5.56 Å². The van der Waals surface area contributed by atoms with Crippen molar-refractivity contribution in [2.75, 3.05) is 24.3 Å². The van der Waals surface area contributed by atoms with E-state index >= 15 is 0 Å². The Morgan fingerprint density at radius 2 is 1.86 bits per heavy atom. The largest absolute Gasteiger partial charge is 0.378 e. The van der Waals surface area contributed by atoms with E-state index in [1.54, 1.807) is 6.07 Å². The summed E-state index contributed by atoms with van der Waals surface area (Å²) in [5, 5.41) is 3.38. The molecule has 2 aromatic carbocycles. The Morgan fingerprint density at radius 3 is 2.43 bits per heavy atom. The Labute approximate surface area is 134 Å². The molecule has 1 N–H and O–H groups in total. The van der Waals surface area contributed by atoms with E-state index in [1.807, 2.05) is 33.2 Å². The summed E-state index contributed by atoms with van der Waals surface area (Å²) in [7, 11) is 4.03. The van der Waals surface area contributed by atoms with E-state index in [1.165, 1.54) is 6.07 Å². The van der Waals surface area contributed by atoms with Crippen LogP contribution in [0.4, 0.5) is 15.8 Å². The summed E-state index contributed by atoms with van der Waals surface area (Å²) in [6.07, 6.45) is 0. The number of nitrogens with one attached hydrogen (secondary N) is 1. The van der Waals surface area contributed by atoms with Crippen molar-refractivity contribution in [3.63, 3.8) is 0 Å². The lowest BCUT2D eigenvalue weighted by Crippen LogP contribution is -2.11. The summed E-state index contributed by atoms with van der Waals surface area (Å²) in [5.74, 6) is -0.202. The van der Waals surface area contributed by atoms with Crippen molar-refractivity contribution in [2.45, 2.75) is 19.9 Å². The molecule has 0 spiro atoms. The van der Waals surface area contributed by atoms with Gasteiger partial charge in [-0.1, -0.05) is 22.0 Å². The molecule has 0 saturated carbocycles. The van der Waals surface area contributed by atoms with E-state index in [9.17, 15) is 4.39 Å². The zero-order chi connectivity index (χ0) is 15.6. The third-order valence-electron chi connectivity index (χ3n) is 3.53. The van der Waals surface area contributed by atoms with Crippen LogP contribution in [0.25, 0.3) is 0 Å². The van der Waals surface area contributed by atoms with Gasteiger partial charge in [0, 0.05) is 35.5 Å². The molecular formula is C17H20BrFN2. The number of anilines is 2. The van der Waals surface area contributed by atoms with Crippen LogP contribution < -0.4 is 10.2 Å². The predicted molar refractivity (Wildman–Crippen MR) is 91.6 cm³/mol. The summed E-state index contributed by atoms with van der Waals surface area (Å²) in [6, 6.07) is 11.3. The minimum absolute atomic E-state index is 0.0954. The van der Waals surface area contributed by atoms with Gasteiger partial charge in [0.1, 0.15) is 5.82 Å². The second-order valence-corrected chi connectivity index (χ2v) is 6.34. The molecule has 0 fully saturated rings. The molecule has 2 aromatic rings. The molecule has 0 amide bonds. The van der Waals surface area contributed by atoms with E-state index in [2.05, 4.69) is 45.2 Å². The molecule has 21 heavy (non-hydrogen) atoms. The summed E-state index contributed by atoms with van der Waals surface area (Å²) in [6.45, 7) is 4.02. The molecule has 2 nitrogen and oxygen atoms in total. The van der Waals surface area contributed by atoms with Gasteiger partial charge in [-0.05, 0) is 49.7 Å². The first-order chi connectivity index (χ1) is 9.88. The number of aryl methyl sites for hydroxylation is 1. The Hall–Kier alpha value is -1.55. The topological polar surface area (TPSA) is 15.3 Å². The molecule has 112 valence electrons. The van der Waals surface area contributed by atoms with Crippen LogP contribution in [0.1, 0.15) is 24.1 Å². The van der Waals surface area contributed by atoms with Gasteiger partial charge in [0.05, 0.1) is 6.04 Å². The Bertz CT molecular complexity index is 641. The highest BCUT2D eigenvalue weighted by Crippen LogP contribution is 2.27. The fraction of sp³-hybridized carbons (Fsp3) is 0.294.